The first kappa shape index (κ1) is 18.8. The number of anilines is 1. The zero-order chi connectivity index (χ0) is 19.1. The van der Waals surface area contributed by atoms with Crippen molar-refractivity contribution in [2.75, 3.05) is 18.0 Å². The van der Waals surface area contributed by atoms with Crippen molar-refractivity contribution < 1.29 is 9.90 Å². The second-order valence-electron chi connectivity index (χ2n) is 9.12. The zero-order valence-electron chi connectivity index (χ0n) is 16.7. The van der Waals surface area contributed by atoms with Gasteiger partial charge in [-0.1, -0.05) is 45.9 Å². The highest BCUT2D eigenvalue weighted by Gasteiger charge is 2.38. The molecule has 0 aromatic heterocycles. The molecular weight excluding hydrogens is 322 g/mol. The van der Waals surface area contributed by atoms with Crippen molar-refractivity contribution in [1.29, 1.82) is 0 Å². The summed E-state index contributed by atoms with van der Waals surface area (Å²) in [5, 5.41) is 8.81. The maximum atomic E-state index is 10.7. The van der Waals surface area contributed by atoms with Crippen LogP contribution in [0.25, 0.3) is 0 Å². The monoisotopic (exact) mass is 353 g/mol. The van der Waals surface area contributed by atoms with Crippen LogP contribution in [0.3, 0.4) is 0 Å². The first-order valence-corrected chi connectivity index (χ1v) is 9.61. The Balaban J connectivity index is 1.88. The number of allylic oxidation sites excluding steroid dienone is 2. The Kier molecular flexibility index (Phi) is 4.76. The molecule has 2 aliphatic rings. The molecule has 26 heavy (non-hydrogen) atoms. The number of carboxylic acid groups (broad SMARTS) is 1. The third-order valence-electron chi connectivity index (χ3n) is 6.10. The first-order valence-electron chi connectivity index (χ1n) is 9.61. The summed E-state index contributed by atoms with van der Waals surface area (Å²) in [6, 6.07) is 4.90. The minimum absolute atomic E-state index is 0.227. The molecule has 0 radical (unpaired) electrons. The van der Waals surface area contributed by atoms with Crippen LogP contribution in [0.5, 0.6) is 0 Å². The summed E-state index contributed by atoms with van der Waals surface area (Å²) in [4.78, 5) is 13.1. The largest absolute Gasteiger partial charge is 0.478 e. The van der Waals surface area contributed by atoms with Gasteiger partial charge in [0.25, 0.3) is 0 Å². The predicted octanol–water partition coefficient (Wildman–Crippen LogP) is 4.99. The maximum Gasteiger partial charge on any atom is 0.328 e. The maximum absolute atomic E-state index is 10.7. The average molecular weight is 354 g/mol. The van der Waals surface area contributed by atoms with Gasteiger partial charge in [0.1, 0.15) is 0 Å². The van der Waals surface area contributed by atoms with E-state index in [0.717, 1.165) is 25.1 Å². The lowest BCUT2D eigenvalue weighted by Crippen LogP contribution is -2.34. The molecule has 0 spiro atoms. The molecule has 1 heterocycles. The van der Waals surface area contributed by atoms with E-state index in [0.29, 0.717) is 0 Å². The van der Waals surface area contributed by atoms with E-state index in [1.54, 1.807) is 0 Å². The Morgan fingerprint density at radius 3 is 2.38 bits per heavy atom. The molecule has 1 N–H and O–H groups in total. The van der Waals surface area contributed by atoms with Gasteiger partial charge in [0, 0.05) is 24.9 Å². The summed E-state index contributed by atoms with van der Waals surface area (Å²) in [6.45, 7) is 13.2. The summed E-state index contributed by atoms with van der Waals surface area (Å²) in [7, 11) is 0. The Bertz CT molecular complexity index is 784. The fourth-order valence-corrected chi connectivity index (χ4v) is 4.32. The van der Waals surface area contributed by atoms with Gasteiger partial charge in [0.15, 0.2) is 0 Å². The van der Waals surface area contributed by atoms with Gasteiger partial charge in [0.2, 0.25) is 0 Å². The summed E-state index contributed by atoms with van der Waals surface area (Å²) >= 11 is 0. The van der Waals surface area contributed by atoms with E-state index in [1.807, 2.05) is 13.0 Å². The fraction of sp³-hybridized carbons (Fsp3) is 0.522. The number of hydrogen-bond donors (Lipinski definition) is 1. The number of carboxylic acids is 1. The Labute approximate surface area is 157 Å². The van der Waals surface area contributed by atoms with Gasteiger partial charge in [-0.15, -0.1) is 0 Å². The average Bonchev–Trinajstić information content (AvgIpc) is 2.93. The molecule has 0 unspecified atom stereocenters. The number of aliphatic carboxylic acids is 1. The van der Waals surface area contributed by atoms with Crippen molar-refractivity contribution in [2.24, 2.45) is 0 Å². The van der Waals surface area contributed by atoms with Crippen molar-refractivity contribution in [3.05, 3.63) is 52.6 Å². The van der Waals surface area contributed by atoms with E-state index in [9.17, 15) is 4.79 Å². The number of rotatable bonds is 4. The van der Waals surface area contributed by atoms with Crippen LogP contribution in [-0.2, 0) is 22.0 Å². The molecule has 1 aromatic carbocycles. The van der Waals surface area contributed by atoms with Crippen molar-refractivity contribution in [3.8, 4) is 0 Å². The minimum Gasteiger partial charge on any atom is -0.478 e. The second-order valence-corrected chi connectivity index (χ2v) is 9.12. The van der Waals surface area contributed by atoms with Crippen molar-refractivity contribution in [2.45, 2.75) is 64.7 Å². The molecule has 1 aliphatic carbocycles. The predicted molar refractivity (Wildman–Crippen MR) is 108 cm³/mol. The van der Waals surface area contributed by atoms with Crippen molar-refractivity contribution in [1.82, 2.24) is 0 Å². The molecule has 0 bridgehead atoms. The van der Waals surface area contributed by atoms with Crippen LogP contribution in [0.15, 0.2) is 35.9 Å². The van der Waals surface area contributed by atoms with Crippen molar-refractivity contribution in [3.63, 3.8) is 0 Å². The van der Waals surface area contributed by atoms with E-state index >= 15 is 0 Å². The molecule has 3 nitrogen and oxygen atoms in total. The summed E-state index contributed by atoms with van der Waals surface area (Å²) in [5.74, 6) is -0.893. The SMILES string of the molecule is CC(C=CCN1CCc2cc3c(cc21)C(C)(C)CCC3(C)C)=CC(=O)O. The molecule has 0 atom stereocenters. The molecule has 1 aliphatic heterocycles. The van der Waals surface area contributed by atoms with Gasteiger partial charge < -0.3 is 10.0 Å². The van der Waals surface area contributed by atoms with Gasteiger partial charge in [-0.3, -0.25) is 0 Å². The second kappa shape index (κ2) is 6.61. The van der Waals surface area contributed by atoms with Gasteiger partial charge >= 0.3 is 5.97 Å². The third-order valence-corrected chi connectivity index (χ3v) is 6.10. The number of nitrogens with zero attached hydrogens (tertiary/aromatic N) is 1. The summed E-state index contributed by atoms with van der Waals surface area (Å²) in [6.07, 6.45) is 8.78. The zero-order valence-corrected chi connectivity index (χ0v) is 16.7. The summed E-state index contributed by atoms with van der Waals surface area (Å²) < 4.78 is 0. The lowest BCUT2D eigenvalue weighted by molar-refractivity contribution is -0.131. The van der Waals surface area contributed by atoms with E-state index in [-0.39, 0.29) is 10.8 Å². The van der Waals surface area contributed by atoms with Crippen LogP contribution in [-0.4, -0.2) is 24.2 Å². The quantitative estimate of drug-likeness (QED) is 0.613. The highest BCUT2D eigenvalue weighted by Crippen LogP contribution is 2.48. The van der Waals surface area contributed by atoms with Gasteiger partial charge in [-0.25, -0.2) is 4.79 Å². The van der Waals surface area contributed by atoms with Crippen LogP contribution < -0.4 is 4.90 Å². The standard InChI is InChI=1S/C23H31NO2/c1-16(13-21(25)26)7-6-11-24-12-8-17-14-18-19(15-20(17)24)23(4,5)10-9-22(18,2)3/h6-7,13-15H,8-12H2,1-5H3,(H,25,26). The van der Waals surface area contributed by atoms with Gasteiger partial charge in [-0.05, 0) is 65.3 Å². The lowest BCUT2D eigenvalue weighted by atomic mass is 9.63. The highest BCUT2D eigenvalue weighted by atomic mass is 16.4. The minimum atomic E-state index is -0.893. The van der Waals surface area contributed by atoms with Gasteiger partial charge in [-0.2, -0.15) is 0 Å². The number of fused-ring (bicyclic) bond motifs is 2. The molecule has 0 amide bonds. The van der Waals surface area contributed by atoms with E-state index in [4.69, 9.17) is 5.11 Å². The molecule has 3 heteroatoms. The smallest absolute Gasteiger partial charge is 0.328 e. The van der Waals surface area contributed by atoms with Crippen LogP contribution >= 0.6 is 0 Å². The summed E-state index contributed by atoms with van der Waals surface area (Å²) in [5.41, 5.74) is 7.11. The first-order chi connectivity index (χ1) is 12.1. The number of hydrogen-bond acceptors (Lipinski definition) is 2. The lowest BCUT2D eigenvalue weighted by Gasteiger charge is -2.42. The van der Waals surface area contributed by atoms with Crippen LogP contribution in [0.2, 0.25) is 0 Å². The van der Waals surface area contributed by atoms with E-state index < -0.39 is 5.97 Å². The Morgan fingerprint density at radius 1 is 1.15 bits per heavy atom. The molecule has 1 aromatic rings. The van der Waals surface area contributed by atoms with E-state index in [1.165, 1.54) is 41.3 Å². The van der Waals surface area contributed by atoms with Crippen molar-refractivity contribution >= 4 is 11.7 Å². The molecule has 3 rings (SSSR count). The molecular formula is C23H31NO2. The molecule has 0 saturated carbocycles. The topological polar surface area (TPSA) is 40.5 Å². The number of carbonyl (C=O) groups is 1. The van der Waals surface area contributed by atoms with Gasteiger partial charge in [0.05, 0.1) is 0 Å². The van der Waals surface area contributed by atoms with Crippen LogP contribution in [0.4, 0.5) is 5.69 Å². The molecule has 0 fully saturated rings. The Hall–Kier alpha value is -2.03. The normalized spacial score (nSPS) is 21.0. The van der Waals surface area contributed by atoms with Crippen LogP contribution in [0, 0.1) is 0 Å². The highest BCUT2D eigenvalue weighted by molar-refractivity contribution is 5.81. The number of benzene rings is 1. The fourth-order valence-electron chi connectivity index (χ4n) is 4.32. The van der Waals surface area contributed by atoms with E-state index in [2.05, 4.69) is 50.8 Å². The molecule has 0 saturated heterocycles. The molecule has 140 valence electrons. The Morgan fingerprint density at radius 2 is 1.77 bits per heavy atom. The third kappa shape index (κ3) is 3.58. The van der Waals surface area contributed by atoms with Crippen LogP contribution in [0.1, 0.15) is 64.2 Å².